The Morgan fingerprint density at radius 1 is 1.40 bits per heavy atom. The molecule has 1 N–H and O–H groups in total. The average Bonchev–Trinajstić information content (AvgIpc) is 2.45. The summed E-state index contributed by atoms with van der Waals surface area (Å²) in [6, 6.07) is 7.85. The van der Waals surface area contributed by atoms with Gasteiger partial charge < -0.3 is 15.0 Å². The number of amides is 1. The Labute approximate surface area is 122 Å². The maximum atomic E-state index is 12.3. The summed E-state index contributed by atoms with van der Waals surface area (Å²) in [7, 11) is 5.66. The Bertz CT molecular complexity index is 432. The van der Waals surface area contributed by atoms with Gasteiger partial charge in [0.1, 0.15) is 5.75 Å². The summed E-state index contributed by atoms with van der Waals surface area (Å²) in [5.41, 5.74) is 0.974. The van der Waals surface area contributed by atoms with Crippen LogP contribution in [0.3, 0.4) is 0 Å². The van der Waals surface area contributed by atoms with E-state index < -0.39 is 0 Å². The molecule has 0 spiro atoms. The monoisotopic (exact) mass is 278 g/mol. The Balaban J connectivity index is 2.70. The van der Waals surface area contributed by atoms with Crippen molar-refractivity contribution in [1.82, 2.24) is 10.2 Å². The highest BCUT2D eigenvalue weighted by Gasteiger charge is 2.19. The lowest BCUT2D eigenvalue weighted by Crippen LogP contribution is -2.42. The lowest BCUT2D eigenvalue weighted by atomic mass is 9.99. The van der Waals surface area contributed by atoms with Crippen molar-refractivity contribution in [1.29, 1.82) is 0 Å². The maximum absolute atomic E-state index is 12.3. The molecule has 1 rings (SSSR count). The van der Waals surface area contributed by atoms with E-state index in [1.54, 1.807) is 7.11 Å². The standard InChI is InChI=1S/C16H26N2O2/c1-6-14(11-18(3)4)17-16(19)12(2)13-8-7-9-15(10-13)20-5/h7-10,12,14H,6,11H2,1-5H3,(H,17,19)/t12?,14-/m1/s1. The third-order valence-electron chi connectivity index (χ3n) is 3.41. The summed E-state index contributed by atoms with van der Waals surface area (Å²) < 4.78 is 5.20. The smallest absolute Gasteiger partial charge is 0.227 e. The zero-order valence-electron chi connectivity index (χ0n) is 13.1. The van der Waals surface area contributed by atoms with Gasteiger partial charge >= 0.3 is 0 Å². The van der Waals surface area contributed by atoms with Gasteiger partial charge in [-0.2, -0.15) is 0 Å². The molecule has 0 aromatic heterocycles. The molecule has 4 heteroatoms. The molecule has 1 aromatic rings. The number of carbonyl (C=O) groups excluding carboxylic acids is 1. The number of ether oxygens (including phenoxy) is 1. The Hall–Kier alpha value is -1.55. The maximum Gasteiger partial charge on any atom is 0.227 e. The fraction of sp³-hybridized carbons (Fsp3) is 0.562. The van der Waals surface area contributed by atoms with Crippen molar-refractivity contribution in [3.63, 3.8) is 0 Å². The molecule has 4 nitrogen and oxygen atoms in total. The second-order valence-electron chi connectivity index (χ2n) is 5.37. The molecule has 0 aliphatic rings. The number of carbonyl (C=O) groups is 1. The Kier molecular flexibility index (Phi) is 6.52. The number of methoxy groups -OCH3 is 1. The summed E-state index contributed by atoms with van der Waals surface area (Å²) in [5, 5.41) is 3.11. The van der Waals surface area contributed by atoms with Gasteiger partial charge in [-0.3, -0.25) is 4.79 Å². The van der Waals surface area contributed by atoms with Gasteiger partial charge in [0.2, 0.25) is 5.91 Å². The summed E-state index contributed by atoms with van der Waals surface area (Å²) in [4.78, 5) is 14.4. The van der Waals surface area contributed by atoms with Crippen molar-refractivity contribution >= 4 is 5.91 Å². The number of rotatable bonds is 7. The SMILES string of the molecule is CC[C@H](CN(C)C)NC(=O)C(C)c1cccc(OC)c1. The molecule has 2 atom stereocenters. The van der Waals surface area contributed by atoms with Gasteiger partial charge in [-0.25, -0.2) is 0 Å². The minimum absolute atomic E-state index is 0.0620. The van der Waals surface area contributed by atoms with Crippen molar-refractivity contribution in [2.24, 2.45) is 0 Å². The molecule has 20 heavy (non-hydrogen) atoms. The zero-order chi connectivity index (χ0) is 15.1. The molecule has 0 saturated heterocycles. The van der Waals surface area contributed by atoms with Gasteiger partial charge in [-0.1, -0.05) is 19.1 Å². The van der Waals surface area contributed by atoms with Gasteiger partial charge in [-0.15, -0.1) is 0 Å². The van der Waals surface area contributed by atoms with E-state index in [1.807, 2.05) is 45.3 Å². The van der Waals surface area contributed by atoms with Crippen LogP contribution in [0.2, 0.25) is 0 Å². The van der Waals surface area contributed by atoms with Crippen LogP contribution in [0, 0.1) is 0 Å². The molecule has 0 aliphatic heterocycles. The number of nitrogens with one attached hydrogen (secondary N) is 1. The normalized spacial score (nSPS) is 13.9. The van der Waals surface area contributed by atoms with Crippen molar-refractivity contribution in [3.8, 4) is 5.75 Å². The van der Waals surface area contributed by atoms with Crippen LogP contribution in [0.5, 0.6) is 5.75 Å². The van der Waals surface area contributed by atoms with Gasteiger partial charge in [0, 0.05) is 12.6 Å². The highest BCUT2D eigenvalue weighted by Crippen LogP contribution is 2.20. The topological polar surface area (TPSA) is 41.6 Å². The summed E-state index contributed by atoms with van der Waals surface area (Å²) >= 11 is 0. The number of hydrogen-bond acceptors (Lipinski definition) is 3. The van der Waals surface area contributed by atoms with Crippen molar-refractivity contribution in [2.45, 2.75) is 32.2 Å². The highest BCUT2D eigenvalue weighted by atomic mass is 16.5. The molecule has 1 unspecified atom stereocenters. The first kappa shape index (κ1) is 16.5. The largest absolute Gasteiger partial charge is 0.497 e. The van der Waals surface area contributed by atoms with E-state index in [2.05, 4.69) is 17.1 Å². The van der Waals surface area contributed by atoms with Crippen LogP contribution < -0.4 is 10.1 Å². The van der Waals surface area contributed by atoms with E-state index in [0.29, 0.717) is 0 Å². The molecule has 0 fully saturated rings. The summed E-state index contributed by atoms with van der Waals surface area (Å²) in [6.45, 7) is 4.87. The predicted octanol–water partition coefficient (Wildman–Crippen LogP) is 2.26. The average molecular weight is 278 g/mol. The second-order valence-corrected chi connectivity index (χ2v) is 5.37. The first-order chi connectivity index (χ1) is 9.47. The molecular weight excluding hydrogens is 252 g/mol. The summed E-state index contributed by atoms with van der Waals surface area (Å²) in [5.74, 6) is 0.663. The van der Waals surface area contributed by atoms with E-state index in [4.69, 9.17) is 4.74 Å². The first-order valence-electron chi connectivity index (χ1n) is 7.07. The number of benzene rings is 1. The molecule has 1 amide bonds. The lowest BCUT2D eigenvalue weighted by Gasteiger charge is -2.23. The fourth-order valence-electron chi connectivity index (χ4n) is 2.11. The van der Waals surface area contributed by atoms with Crippen molar-refractivity contribution < 1.29 is 9.53 Å². The van der Waals surface area contributed by atoms with Crippen LogP contribution in [-0.4, -0.2) is 44.6 Å². The zero-order valence-corrected chi connectivity index (χ0v) is 13.1. The van der Waals surface area contributed by atoms with Crippen LogP contribution in [0.15, 0.2) is 24.3 Å². The van der Waals surface area contributed by atoms with Gasteiger partial charge in [0.25, 0.3) is 0 Å². The Morgan fingerprint density at radius 2 is 2.10 bits per heavy atom. The van der Waals surface area contributed by atoms with Crippen LogP contribution in [0.4, 0.5) is 0 Å². The Morgan fingerprint density at radius 3 is 2.65 bits per heavy atom. The molecule has 0 aliphatic carbocycles. The quantitative estimate of drug-likeness (QED) is 0.832. The highest BCUT2D eigenvalue weighted by molar-refractivity contribution is 5.83. The molecule has 112 valence electrons. The van der Waals surface area contributed by atoms with Crippen LogP contribution in [-0.2, 0) is 4.79 Å². The van der Waals surface area contributed by atoms with Crippen LogP contribution in [0.1, 0.15) is 31.7 Å². The van der Waals surface area contributed by atoms with Gasteiger partial charge in [0.05, 0.1) is 13.0 Å². The van der Waals surface area contributed by atoms with E-state index in [1.165, 1.54) is 0 Å². The molecule has 1 aromatic carbocycles. The minimum Gasteiger partial charge on any atom is -0.497 e. The van der Waals surface area contributed by atoms with Crippen molar-refractivity contribution in [2.75, 3.05) is 27.7 Å². The molecule has 0 saturated carbocycles. The molecule has 0 radical (unpaired) electrons. The van der Waals surface area contributed by atoms with Crippen molar-refractivity contribution in [3.05, 3.63) is 29.8 Å². The van der Waals surface area contributed by atoms with E-state index >= 15 is 0 Å². The van der Waals surface area contributed by atoms with Crippen LogP contribution in [0.25, 0.3) is 0 Å². The lowest BCUT2D eigenvalue weighted by molar-refractivity contribution is -0.123. The number of hydrogen-bond donors (Lipinski definition) is 1. The molecular formula is C16H26N2O2. The van der Waals surface area contributed by atoms with Gasteiger partial charge in [-0.05, 0) is 45.1 Å². The minimum atomic E-state index is -0.179. The molecule has 0 bridgehead atoms. The third-order valence-corrected chi connectivity index (χ3v) is 3.41. The summed E-state index contributed by atoms with van der Waals surface area (Å²) in [6.07, 6.45) is 0.925. The molecule has 0 heterocycles. The number of likely N-dealkylation sites (N-methyl/N-ethyl adjacent to an activating group) is 1. The van der Waals surface area contributed by atoms with E-state index in [-0.39, 0.29) is 17.9 Å². The number of nitrogens with zero attached hydrogens (tertiary/aromatic N) is 1. The van der Waals surface area contributed by atoms with Gasteiger partial charge in [0.15, 0.2) is 0 Å². The first-order valence-corrected chi connectivity index (χ1v) is 7.07. The van der Waals surface area contributed by atoms with Crippen LogP contribution >= 0.6 is 0 Å². The predicted molar refractivity (Wildman–Crippen MR) is 82.2 cm³/mol. The van der Waals surface area contributed by atoms with E-state index in [0.717, 1.165) is 24.3 Å². The second kappa shape index (κ2) is 7.90. The fourth-order valence-corrected chi connectivity index (χ4v) is 2.11. The third kappa shape index (κ3) is 4.85. The van der Waals surface area contributed by atoms with E-state index in [9.17, 15) is 4.79 Å².